The Hall–Kier alpha value is -2.11. The minimum absolute atomic E-state index is 0.0316. The van der Waals surface area contributed by atoms with E-state index >= 15 is 0 Å². The molecule has 2 aromatic rings. The number of ether oxygens (including phenoxy) is 1. The zero-order valence-electron chi connectivity index (χ0n) is 15.1. The number of Topliss-reactive ketones (excluding diaryl/α,β-unsaturated/α-hetero) is 1. The number of benzene rings is 1. The summed E-state index contributed by atoms with van der Waals surface area (Å²) < 4.78 is 5.93. The molecule has 0 amide bonds. The predicted molar refractivity (Wildman–Crippen MR) is 101 cm³/mol. The van der Waals surface area contributed by atoms with Gasteiger partial charge in [0.25, 0.3) is 0 Å². The minimum atomic E-state index is -0.129. The topological polar surface area (TPSA) is 53.8 Å². The third-order valence-corrected chi connectivity index (χ3v) is 6.32. The molecule has 0 bridgehead atoms. The van der Waals surface area contributed by atoms with Crippen molar-refractivity contribution in [1.29, 1.82) is 0 Å². The highest BCUT2D eigenvalue weighted by molar-refractivity contribution is 7.11. The number of allylic oxidation sites excluding steroid dienone is 1. The van der Waals surface area contributed by atoms with Gasteiger partial charge in [-0.3, -0.25) is 4.79 Å². The van der Waals surface area contributed by atoms with Crippen LogP contribution in [0.4, 0.5) is 0 Å². The Morgan fingerprint density at radius 3 is 2.96 bits per heavy atom. The standard InChI is InChI=1S/C21H23NO3S/c1-13-4-3-8-22(11-13)12-16-17(23)6-5-15-20(24)18(25-21(15)16)10-19-14(2)7-9-26-19/h5-7,9-10,13,23H,3-4,8,11-12H2,1-2H3/b18-10-. The van der Waals surface area contributed by atoms with E-state index in [1.165, 1.54) is 23.8 Å². The number of likely N-dealkylation sites (tertiary alicyclic amines) is 1. The number of nitrogens with one attached hydrogen (secondary N) is 1. The average Bonchev–Trinajstić information content (AvgIpc) is 3.15. The normalized spacial score (nSPS) is 23.9. The highest BCUT2D eigenvalue weighted by Gasteiger charge is 2.32. The smallest absolute Gasteiger partial charge is 0.232 e. The van der Waals surface area contributed by atoms with Gasteiger partial charge >= 0.3 is 0 Å². The van der Waals surface area contributed by atoms with Crippen LogP contribution in [0.5, 0.6) is 11.5 Å². The van der Waals surface area contributed by atoms with Crippen LogP contribution in [0.1, 0.15) is 46.1 Å². The summed E-state index contributed by atoms with van der Waals surface area (Å²) in [5, 5.41) is 14.5. The molecular weight excluding hydrogens is 346 g/mol. The minimum Gasteiger partial charge on any atom is -0.872 e. The second kappa shape index (κ2) is 6.89. The third-order valence-electron chi connectivity index (χ3n) is 5.35. The lowest BCUT2D eigenvalue weighted by Gasteiger charge is -2.29. The molecular formula is C21H23NO3S. The molecule has 0 spiro atoms. The first-order valence-electron chi connectivity index (χ1n) is 9.17. The van der Waals surface area contributed by atoms with Crippen molar-refractivity contribution in [3.63, 3.8) is 0 Å². The summed E-state index contributed by atoms with van der Waals surface area (Å²) >= 11 is 1.58. The van der Waals surface area contributed by atoms with Gasteiger partial charge in [-0.25, -0.2) is 0 Å². The Balaban J connectivity index is 1.65. The summed E-state index contributed by atoms with van der Waals surface area (Å²) in [5.74, 6) is 1.31. The van der Waals surface area contributed by atoms with Crippen molar-refractivity contribution in [2.75, 3.05) is 13.1 Å². The van der Waals surface area contributed by atoms with E-state index in [4.69, 9.17) is 4.74 Å². The van der Waals surface area contributed by atoms with Gasteiger partial charge in [0.05, 0.1) is 18.7 Å². The number of aryl methyl sites for hydroxylation is 1. The monoisotopic (exact) mass is 369 g/mol. The van der Waals surface area contributed by atoms with Gasteiger partial charge in [0.15, 0.2) is 5.76 Å². The molecule has 4 rings (SSSR count). The quantitative estimate of drug-likeness (QED) is 0.846. The molecule has 0 saturated carbocycles. The van der Waals surface area contributed by atoms with Crippen molar-refractivity contribution in [3.05, 3.63) is 50.9 Å². The summed E-state index contributed by atoms with van der Waals surface area (Å²) in [6.07, 6.45) is 4.23. The molecule has 1 saturated heterocycles. The molecule has 5 heteroatoms. The van der Waals surface area contributed by atoms with Gasteiger partial charge in [0, 0.05) is 22.4 Å². The second-order valence-corrected chi connectivity index (χ2v) is 8.40. The molecule has 2 aliphatic rings. The Kier molecular flexibility index (Phi) is 4.59. The average molecular weight is 369 g/mol. The second-order valence-electron chi connectivity index (χ2n) is 7.45. The van der Waals surface area contributed by atoms with Crippen LogP contribution in [0.25, 0.3) is 6.08 Å². The van der Waals surface area contributed by atoms with Gasteiger partial charge in [0.2, 0.25) is 5.78 Å². The van der Waals surface area contributed by atoms with E-state index in [-0.39, 0.29) is 11.5 Å². The lowest BCUT2D eigenvalue weighted by Crippen LogP contribution is -3.12. The number of carbonyl (C=O) groups is 1. The third kappa shape index (κ3) is 3.17. The molecule has 26 heavy (non-hydrogen) atoms. The SMILES string of the molecule is Cc1ccsc1/C=C1\Oc2c(ccc([O-])c2C[NH+]2CCCC(C)C2)C1=O. The highest BCUT2D eigenvalue weighted by Crippen LogP contribution is 2.38. The van der Waals surface area contributed by atoms with E-state index in [0.717, 1.165) is 23.5 Å². The van der Waals surface area contributed by atoms with Crippen molar-refractivity contribution >= 4 is 23.2 Å². The van der Waals surface area contributed by atoms with Gasteiger partial charge in [0.1, 0.15) is 12.3 Å². The van der Waals surface area contributed by atoms with E-state index in [2.05, 4.69) is 6.92 Å². The molecule has 1 fully saturated rings. The maximum atomic E-state index is 12.7. The van der Waals surface area contributed by atoms with Crippen LogP contribution in [0.3, 0.4) is 0 Å². The Labute approximate surface area is 157 Å². The number of hydrogen-bond donors (Lipinski definition) is 1. The number of fused-ring (bicyclic) bond motifs is 1. The van der Waals surface area contributed by atoms with Crippen LogP contribution >= 0.6 is 11.3 Å². The van der Waals surface area contributed by atoms with Crippen molar-refractivity contribution in [2.24, 2.45) is 5.92 Å². The molecule has 136 valence electrons. The zero-order chi connectivity index (χ0) is 18.3. The van der Waals surface area contributed by atoms with Gasteiger partial charge in [-0.1, -0.05) is 18.7 Å². The molecule has 3 heterocycles. The number of ketones is 1. The zero-order valence-corrected chi connectivity index (χ0v) is 15.9. The summed E-state index contributed by atoms with van der Waals surface area (Å²) in [7, 11) is 0. The van der Waals surface area contributed by atoms with E-state index < -0.39 is 0 Å². The van der Waals surface area contributed by atoms with Crippen LogP contribution in [0.2, 0.25) is 0 Å². The number of hydrogen-bond acceptors (Lipinski definition) is 4. The van der Waals surface area contributed by atoms with Crippen molar-refractivity contribution in [1.82, 2.24) is 0 Å². The molecule has 1 aromatic heterocycles. The molecule has 2 unspecified atom stereocenters. The maximum Gasteiger partial charge on any atom is 0.232 e. The summed E-state index contributed by atoms with van der Waals surface area (Å²) in [4.78, 5) is 15.2. The summed E-state index contributed by atoms with van der Waals surface area (Å²) in [5.41, 5.74) is 2.28. The van der Waals surface area contributed by atoms with Crippen LogP contribution in [-0.2, 0) is 6.54 Å². The predicted octanol–water partition coefficient (Wildman–Crippen LogP) is 2.56. The van der Waals surface area contributed by atoms with Gasteiger partial charge in [-0.05, 0) is 42.8 Å². The molecule has 2 atom stereocenters. The number of carbonyl (C=O) groups excluding carboxylic acids is 1. The van der Waals surface area contributed by atoms with Crippen LogP contribution < -0.4 is 14.7 Å². The fourth-order valence-corrected chi connectivity index (χ4v) is 4.76. The first kappa shape index (κ1) is 17.3. The van der Waals surface area contributed by atoms with E-state index in [9.17, 15) is 9.90 Å². The van der Waals surface area contributed by atoms with E-state index in [1.807, 2.05) is 18.4 Å². The molecule has 0 radical (unpaired) electrons. The van der Waals surface area contributed by atoms with Crippen LogP contribution in [0, 0.1) is 12.8 Å². The van der Waals surface area contributed by atoms with Gasteiger partial charge < -0.3 is 14.7 Å². The maximum absolute atomic E-state index is 12.7. The number of rotatable bonds is 3. The van der Waals surface area contributed by atoms with Crippen LogP contribution in [-0.4, -0.2) is 18.9 Å². The number of quaternary nitrogens is 1. The first-order chi connectivity index (χ1) is 12.5. The summed E-state index contributed by atoms with van der Waals surface area (Å²) in [6, 6.07) is 5.15. The first-order valence-corrected chi connectivity index (χ1v) is 10.1. The van der Waals surface area contributed by atoms with E-state index in [0.29, 0.717) is 35.1 Å². The fourth-order valence-electron chi connectivity index (χ4n) is 3.92. The molecule has 0 aliphatic carbocycles. The lowest BCUT2D eigenvalue weighted by atomic mass is 9.99. The Bertz CT molecular complexity index is 883. The number of piperidine rings is 1. The van der Waals surface area contributed by atoms with Crippen molar-refractivity contribution < 1.29 is 19.5 Å². The van der Waals surface area contributed by atoms with Crippen molar-refractivity contribution in [3.8, 4) is 11.5 Å². The lowest BCUT2D eigenvalue weighted by molar-refractivity contribution is -0.922. The van der Waals surface area contributed by atoms with Crippen molar-refractivity contribution in [2.45, 2.75) is 33.2 Å². The fraction of sp³-hybridized carbons (Fsp3) is 0.381. The summed E-state index contributed by atoms with van der Waals surface area (Å²) in [6.45, 7) is 7.03. The molecule has 1 aromatic carbocycles. The molecule has 2 aliphatic heterocycles. The van der Waals surface area contributed by atoms with Crippen LogP contribution in [0.15, 0.2) is 29.3 Å². The van der Waals surface area contributed by atoms with Gasteiger partial charge in [-0.15, -0.1) is 11.3 Å². The Morgan fingerprint density at radius 1 is 1.38 bits per heavy atom. The van der Waals surface area contributed by atoms with E-state index in [1.54, 1.807) is 23.5 Å². The largest absolute Gasteiger partial charge is 0.872 e. The highest BCUT2D eigenvalue weighted by atomic mass is 32.1. The molecule has 4 nitrogen and oxygen atoms in total. The molecule has 1 N–H and O–H groups in total. The van der Waals surface area contributed by atoms with Gasteiger partial charge in [-0.2, -0.15) is 0 Å². The Morgan fingerprint density at radius 2 is 2.23 bits per heavy atom. The number of thiophene rings is 1.